The summed E-state index contributed by atoms with van der Waals surface area (Å²) in [6.07, 6.45) is 5.43. The first kappa shape index (κ1) is 13.1. The summed E-state index contributed by atoms with van der Waals surface area (Å²) in [5, 5.41) is 0. The van der Waals surface area contributed by atoms with Gasteiger partial charge in [-0.3, -0.25) is 0 Å². The predicted molar refractivity (Wildman–Crippen MR) is 77.3 cm³/mol. The minimum Gasteiger partial charge on any atom is -0.489 e. The number of ether oxygens (including phenoxy) is 1. The molecular formula is C15H24N2O. The van der Waals surface area contributed by atoms with Crippen molar-refractivity contribution in [3.63, 3.8) is 0 Å². The van der Waals surface area contributed by atoms with Crippen LogP contribution in [0.3, 0.4) is 0 Å². The molecule has 1 fully saturated rings. The molecule has 3 heteroatoms. The first-order chi connectivity index (χ1) is 8.58. The smallest absolute Gasteiger partial charge is 0.144 e. The van der Waals surface area contributed by atoms with Crippen LogP contribution in [0.4, 0.5) is 11.4 Å². The molecule has 1 aromatic rings. The van der Waals surface area contributed by atoms with Gasteiger partial charge in [0, 0.05) is 24.8 Å². The maximum absolute atomic E-state index is 5.95. The zero-order valence-corrected chi connectivity index (χ0v) is 11.6. The topological polar surface area (TPSA) is 38.5 Å². The van der Waals surface area contributed by atoms with E-state index in [2.05, 4.69) is 24.1 Å². The predicted octanol–water partition coefficient (Wildman–Crippen LogP) is 3.43. The minimum atomic E-state index is 0.152. The van der Waals surface area contributed by atoms with Gasteiger partial charge in [0.15, 0.2) is 0 Å². The number of rotatable bonds is 4. The highest BCUT2D eigenvalue weighted by Crippen LogP contribution is 2.32. The lowest BCUT2D eigenvalue weighted by molar-refractivity contribution is 0.244. The van der Waals surface area contributed by atoms with Crippen LogP contribution in [0.15, 0.2) is 18.2 Å². The standard InChI is InChI=1S/C15H24N2O/c1-11(2)18-15-10-13(8-9-14(15)16)17(3)12-6-4-5-7-12/h8-12H,4-7,16H2,1-3H3. The maximum Gasteiger partial charge on any atom is 0.144 e. The van der Waals surface area contributed by atoms with Crippen LogP contribution in [0.1, 0.15) is 39.5 Å². The molecule has 100 valence electrons. The van der Waals surface area contributed by atoms with Gasteiger partial charge in [0.25, 0.3) is 0 Å². The summed E-state index contributed by atoms with van der Waals surface area (Å²) in [6, 6.07) is 6.76. The Morgan fingerprint density at radius 2 is 1.94 bits per heavy atom. The summed E-state index contributed by atoms with van der Waals surface area (Å²) in [5.74, 6) is 0.798. The zero-order valence-electron chi connectivity index (χ0n) is 11.6. The molecule has 3 nitrogen and oxygen atoms in total. The molecule has 0 amide bonds. The minimum absolute atomic E-state index is 0.152. The molecule has 1 saturated carbocycles. The first-order valence-electron chi connectivity index (χ1n) is 6.87. The molecule has 0 spiro atoms. The number of anilines is 2. The van der Waals surface area contributed by atoms with Gasteiger partial charge in [-0.25, -0.2) is 0 Å². The molecule has 2 N–H and O–H groups in total. The fourth-order valence-electron chi connectivity index (χ4n) is 2.60. The largest absolute Gasteiger partial charge is 0.489 e. The Morgan fingerprint density at radius 1 is 1.28 bits per heavy atom. The number of nitrogens with two attached hydrogens (primary N) is 1. The Bertz CT molecular complexity index is 397. The zero-order chi connectivity index (χ0) is 13.1. The van der Waals surface area contributed by atoms with E-state index in [0.29, 0.717) is 11.7 Å². The van der Waals surface area contributed by atoms with Crippen LogP contribution in [0.2, 0.25) is 0 Å². The van der Waals surface area contributed by atoms with Crippen LogP contribution in [0.5, 0.6) is 5.75 Å². The number of hydrogen-bond donors (Lipinski definition) is 1. The molecule has 0 atom stereocenters. The third-order valence-electron chi connectivity index (χ3n) is 3.64. The second-order valence-electron chi connectivity index (χ2n) is 5.44. The van der Waals surface area contributed by atoms with E-state index in [1.54, 1.807) is 0 Å². The van der Waals surface area contributed by atoms with Crippen LogP contribution in [0.25, 0.3) is 0 Å². The summed E-state index contributed by atoms with van der Waals surface area (Å²) in [7, 11) is 2.17. The Kier molecular flexibility index (Phi) is 4.00. The van der Waals surface area contributed by atoms with Gasteiger partial charge in [0.1, 0.15) is 5.75 Å². The number of nitrogens with zero attached hydrogens (tertiary/aromatic N) is 1. The molecule has 1 aliphatic carbocycles. The van der Waals surface area contributed by atoms with Gasteiger partial charge in [-0.15, -0.1) is 0 Å². The van der Waals surface area contributed by atoms with E-state index in [1.165, 1.54) is 31.4 Å². The Labute approximate surface area is 110 Å². The average molecular weight is 248 g/mol. The van der Waals surface area contributed by atoms with Crippen molar-refractivity contribution in [3.8, 4) is 5.75 Å². The molecule has 1 aromatic carbocycles. The van der Waals surface area contributed by atoms with Crippen LogP contribution < -0.4 is 15.4 Å². The number of benzene rings is 1. The van der Waals surface area contributed by atoms with Gasteiger partial charge in [0.2, 0.25) is 0 Å². The second kappa shape index (κ2) is 5.51. The molecule has 0 radical (unpaired) electrons. The molecule has 0 aliphatic heterocycles. The summed E-state index contributed by atoms with van der Waals surface area (Å²) in [6.45, 7) is 4.04. The van der Waals surface area contributed by atoms with Crippen molar-refractivity contribution in [1.29, 1.82) is 0 Å². The second-order valence-corrected chi connectivity index (χ2v) is 5.44. The SMILES string of the molecule is CC(C)Oc1cc(N(C)C2CCCC2)ccc1N. The summed E-state index contributed by atoms with van der Waals surface area (Å²) in [4.78, 5) is 2.36. The van der Waals surface area contributed by atoms with Crippen LogP contribution in [-0.2, 0) is 0 Å². The van der Waals surface area contributed by atoms with E-state index < -0.39 is 0 Å². The Hall–Kier alpha value is -1.38. The molecule has 0 heterocycles. The highest BCUT2D eigenvalue weighted by atomic mass is 16.5. The van der Waals surface area contributed by atoms with E-state index in [0.717, 1.165) is 5.75 Å². The van der Waals surface area contributed by atoms with Crippen molar-refractivity contribution < 1.29 is 4.74 Å². The Balaban J connectivity index is 2.17. The van der Waals surface area contributed by atoms with Crippen molar-refractivity contribution in [2.45, 2.75) is 51.7 Å². The normalized spacial score (nSPS) is 16.2. The summed E-state index contributed by atoms with van der Waals surface area (Å²) < 4.78 is 5.75. The molecular weight excluding hydrogens is 224 g/mol. The molecule has 1 aliphatic rings. The first-order valence-corrected chi connectivity index (χ1v) is 6.87. The third kappa shape index (κ3) is 2.89. The Morgan fingerprint density at radius 3 is 2.56 bits per heavy atom. The lowest BCUT2D eigenvalue weighted by Crippen LogP contribution is -2.28. The van der Waals surface area contributed by atoms with Gasteiger partial charge < -0.3 is 15.4 Å². The highest BCUT2D eigenvalue weighted by Gasteiger charge is 2.20. The molecule has 0 unspecified atom stereocenters. The lowest BCUT2D eigenvalue weighted by Gasteiger charge is -2.27. The molecule has 0 aromatic heterocycles. The van der Waals surface area contributed by atoms with Gasteiger partial charge in [-0.2, -0.15) is 0 Å². The summed E-state index contributed by atoms with van der Waals surface area (Å²) >= 11 is 0. The van der Waals surface area contributed by atoms with E-state index in [4.69, 9.17) is 10.5 Å². The van der Waals surface area contributed by atoms with E-state index >= 15 is 0 Å². The maximum atomic E-state index is 5.95. The van der Waals surface area contributed by atoms with Crippen molar-refractivity contribution in [2.24, 2.45) is 0 Å². The van der Waals surface area contributed by atoms with Crippen LogP contribution in [0, 0.1) is 0 Å². The van der Waals surface area contributed by atoms with Gasteiger partial charge in [0.05, 0.1) is 11.8 Å². The summed E-state index contributed by atoms with van der Waals surface area (Å²) in [5.41, 5.74) is 7.86. The van der Waals surface area contributed by atoms with Crippen molar-refractivity contribution in [2.75, 3.05) is 17.7 Å². The molecule has 18 heavy (non-hydrogen) atoms. The number of nitrogen functional groups attached to an aromatic ring is 1. The van der Waals surface area contributed by atoms with E-state index in [1.807, 2.05) is 19.9 Å². The molecule has 0 bridgehead atoms. The quantitative estimate of drug-likeness (QED) is 0.830. The fraction of sp³-hybridized carbons (Fsp3) is 0.600. The third-order valence-corrected chi connectivity index (χ3v) is 3.64. The molecule has 0 saturated heterocycles. The van der Waals surface area contributed by atoms with Gasteiger partial charge >= 0.3 is 0 Å². The fourth-order valence-corrected chi connectivity index (χ4v) is 2.60. The van der Waals surface area contributed by atoms with Crippen LogP contribution in [-0.4, -0.2) is 19.2 Å². The van der Waals surface area contributed by atoms with Crippen molar-refractivity contribution >= 4 is 11.4 Å². The van der Waals surface area contributed by atoms with Crippen LogP contribution >= 0.6 is 0 Å². The van der Waals surface area contributed by atoms with E-state index in [9.17, 15) is 0 Å². The highest BCUT2D eigenvalue weighted by molar-refractivity contribution is 5.62. The van der Waals surface area contributed by atoms with Crippen molar-refractivity contribution in [1.82, 2.24) is 0 Å². The number of hydrogen-bond acceptors (Lipinski definition) is 3. The molecule has 2 rings (SSSR count). The van der Waals surface area contributed by atoms with Crippen molar-refractivity contribution in [3.05, 3.63) is 18.2 Å². The van der Waals surface area contributed by atoms with Gasteiger partial charge in [-0.1, -0.05) is 12.8 Å². The average Bonchev–Trinajstić information content (AvgIpc) is 2.84. The van der Waals surface area contributed by atoms with E-state index in [-0.39, 0.29) is 6.10 Å². The monoisotopic (exact) mass is 248 g/mol. The lowest BCUT2D eigenvalue weighted by atomic mass is 10.2. The van der Waals surface area contributed by atoms with Gasteiger partial charge in [-0.05, 0) is 38.8 Å².